The van der Waals surface area contributed by atoms with Gasteiger partial charge in [0.2, 0.25) is 0 Å². The van der Waals surface area contributed by atoms with Gasteiger partial charge in [0.25, 0.3) is 0 Å². The zero-order valence-electron chi connectivity index (χ0n) is 18.8. The molecule has 5 N–H and O–H groups in total. The number of nitrogens with two attached hydrogens (primary N) is 1. The third kappa shape index (κ3) is 6.96. The largest absolute Gasteiger partial charge is 0.497 e. The molecule has 0 spiro atoms. The van der Waals surface area contributed by atoms with Crippen molar-refractivity contribution in [2.45, 2.75) is 19.4 Å². The molecule has 33 heavy (non-hydrogen) atoms. The number of rotatable bonds is 12. The lowest BCUT2D eigenvalue weighted by Crippen LogP contribution is -2.35. The normalized spacial score (nSPS) is 10.6. The highest BCUT2D eigenvalue weighted by atomic mass is 16.5. The molecule has 0 radical (unpaired) electrons. The van der Waals surface area contributed by atoms with Crippen LogP contribution in [-0.2, 0) is 6.54 Å². The zero-order valence-corrected chi connectivity index (χ0v) is 18.8. The number of anilines is 1. The van der Waals surface area contributed by atoms with Crippen molar-refractivity contribution in [2.24, 2.45) is 5.73 Å². The highest BCUT2D eigenvalue weighted by Crippen LogP contribution is 2.31. The Morgan fingerprint density at radius 2 is 2.09 bits per heavy atom. The molecule has 1 aromatic heterocycles. The van der Waals surface area contributed by atoms with E-state index in [9.17, 15) is 9.90 Å². The van der Waals surface area contributed by atoms with Crippen LogP contribution in [0.1, 0.15) is 18.4 Å². The van der Waals surface area contributed by atoms with Crippen LogP contribution in [0, 0.1) is 0 Å². The van der Waals surface area contributed by atoms with Crippen molar-refractivity contribution in [1.82, 2.24) is 15.1 Å². The van der Waals surface area contributed by atoms with E-state index < -0.39 is 0 Å². The van der Waals surface area contributed by atoms with Crippen molar-refractivity contribution in [1.29, 1.82) is 0 Å². The van der Waals surface area contributed by atoms with Crippen LogP contribution in [-0.4, -0.2) is 59.6 Å². The van der Waals surface area contributed by atoms with Gasteiger partial charge in [-0.3, -0.25) is 5.10 Å². The number of amides is 2. The van der Waals surface area contributed by atoms with Crippen molar-refractivity contribution in [3.05, 3.63) is 60.4 Å². The monoisotopic (exact) mass is 453 g/mol. The number of nitrogens with zero attached hydrogens (tertiary/aromatic N) is 2. The fraction of sp³-hybridized carbons (Fsp3) is 0.333. The number of benzene rings is 2. The number of methoxy groups -OCH3 is 1. The number of carbonyl (C=O) groups excluding carboxylic acids is 1. The first-order valence-corrected chi connectivity index (χ1v) is 10.9. The molecule has 1 heterocycles. The third-order valence-electron chi connectivity index (χ3n) is 5.04. The summed E-state index contributed by atoms with van der Waals surface area (Å²) in [5.41, 5.74) is 8.92. The van der Waals surface area contributed by atoms with Gasteiger partial charge in [0, 0.05) is 31.5 Å². The van der Waals surface area contributed by atoms with Crippen LogP contribution in [0.2, 0.25) is 0 Å². The van der Waals surface area contributed by atoms with E-state index in [1.165, 1.54) is 0 Å². The SMILES string of the molecule is COc1cccc(CN(CCCO)C(=O)Nc2ccc(-c3cn[nH]c3)cc2OCCCN)c1. The zero-order chi connectivity index (χ0) is 23.5. The number of H-pyrrole nitrogens is 1. The highest BCUT2D eigenvalue weighted by molar-refractivity contribution is 5.91. The van der Waals surface area contributed by atoms with E-state index in [1.54, 1.807) is 24.4 Å². The number of aliphatic hydroxyl groups is 1. The van der Waals surface area contributed by atoms with E-state index in [1.807, 2.05) is 42.5 Å². The maximum Gasteiger partial charge on any atom is 0.322 e. The summed E-state index contributed by atoms with van der Waals surface area (Å²) in [7, 11) is 1.61. The van der Waals surface area contributed by atoms with Gasteiger partial charge in [-0.25, -0.2) is 4.79 Å². The first-order chi connectivity index (χ1) is 16.1. The molecule has 9 nitrogen and oxygen atoms in total. The van der Waals surface area contributed by atoms with Crippen molar-refractivity contribution < 1.29 is 19.4 Å². The number of aromatic nitrogens is 2. The van der Waals surface area contributed by atoms with Crippen LogP contribution in [0.4, 0.5) is 10.5 Å². The van der Waals surface area contributed by atoms with Crippen molar-refractivity contribution >= 4 is 11.7 Å². The lowest BCUT2D eigenvalue weighted by Gasteiger charge is -2.24. The van der Waals surface area contributed by atoms with Gasteiger partial charge >= 0.3 is 6.03 Å². The molecule has 0 bridgehead atoms. The fourth-order valence-electron chi connectivity index (χ4n) is 3.30. The second-order valence-electron chi connectivity index (χ2n) is 7.47. The van der Waals surface area contributed by atoms with Gasteiger partial charge in [0.05, 0.1) is 25.6 Å². The third-order valence-corrected chi connectivity index (χ3v) is 5.04. The van der Waals surface area contributed by atoms with Gasteiger partial charge in [-0.1, -0.05) is 18.2 Å². The fourth-order valence-corrected chi connectivity index (χ4v) is 3.30. The highest BCUT2D eigenvalue weighted by Gasteiger charge is 2.17. The minimum atomic E-state index is -0.286. The summed E-state index contributed by atoms with van der Waals surface area (Å²) >= 11 is 0. The summed E-state index contributed by atoms with van der Waals surface area (Å²) in [6.07, 6.45) is 4.68. The predicted molar refractivity (Wildman–Crippen MR) is 127 cm³/mol. The maximum absolute atomic E-state index is 13.2. The summed E-state index contributed by atoms with van der Waals surface area (Å²) in [6, 6.07) is 12.9. The first kappa shape index (κ1) is 24.1. The average Bonchev–Trinajstić information content (AvgIpc) is 3.38. The van der Waals surface area contributed by atoms with Gasteiger partial charge in [-0.05, 0) is 54.8 Å². The Morgan fingerprint density at radius 1 is 1.21 bits per heavy atom. The van der Waals surface area contributed by atoms with E-state index in [0.717, 1.165) is 22.4 Å². The molecule has 3 rings (SSSR count). The molecule has 0 atom stereocenters. The van der Waals surface area contributed by atoms with Crippen LogP contribution >= 0.6 is 0 Å². The second kappa shape index (κ2) is 12.5. The van der Waals surface area contributed by atoms with E-state index in [2.05, 4.69) is 15.5 Å². The molecule has 2 aromatic carbocycles. The number of carbonyl (C=O) groups is 1. The second-order valence-corrected chi connectivity index (χ2v) is 7.47. The topological polar surface area (TPSA) is 126 Å². The van der Waals surface area contributed by atoms with E-state index in [4.69, 9.17) is 15.2 Å². The van der Waals surface area contributed by atoms with Crippen LogP contribution in [0.25, 0.3) is 11.1 Å². The standard InChI is InChI=1S/C24H31N5O4/c1-32-21-6-2-5-18(13-21)17-29(10-4-11-30)24(31)28-22-8-7-19(20-15-26-27-16-20)14-23(22)33-12-3-9-25/h2,5-8,13-16,30H,3-4,9-12,17,25H2,1H3,(H,26,27)(H,28,31). The van der Waals surface area contributed by atoms with E-state index in [-0.39, 0.29) is 12.6 Å². The molecule has 3 aromatic rings. The van der Waals surface area contributed by atoms with Gasteiger partial charge in [0.15, 0.2) is 0 Å². The van der Waals surface area contributed by atoms with Crippen molar-refractivity contribution in [3.63, 3.8) is 0 Å². The number of nitrogens with one attached hydrogen (secondary N) is 2. The van der Waals surface area contributed by atoms with Gasteiger partial charge in [0.1, 0.15) is 11.5 Å². The Hall–Kier alpha value is -3.56. The number of hydrogen-bond acceptors (Lipinski definition) is 6. The number of hydrogen-bond donors (Lipinski definition) is 4. The summed E-state index contributed by atoms with van der Waals surface area (Å²) in [4.78, 5) is 14.8. The molecule has 0 aliphatic rings. The van der Waals surface area contributed by atoms with Crippen molar-refractivity contribution in [2.75, 3.05) is 38.7 Å². The molecule has 0 aliphatic carbocycles. The van der Waals surface area contributed by atoms with Crippen LogP contribution < -0.4 is 20.5 Å². The first-order valence-electron chi connectivity index (χ1n) is 10.9. The van der Waals surface area contributed by atoms with Gasteiger partial charge < -0.3 is 30.5 Å². The lowest BCUT2D eigenvalue weighted by molar-refractivity contribution is 0.199. The molecule has 0 saturated carbocycles. The molecule has 0 fully saturated rings. The average molecular weight is 454 g/mol. The number of aliphatic hydroxyl groups excluding tert-OH is 1. The molecule has 0 unspecified atom stereocenters. The molecule has 0 aliphatic heterocycles. The van der Waals surface area contributed by atoms with Gasteiger partial charge in [-0.15, -0.1) is 0 Å². The molecular weight excluding hydrogens is 422 g/mol. The summed E-state index contributed by atoms with van der Waals surface area (Å²) < 4.78 is 11.2. The smallest absolute Gasteiger partial charge is 0.322 e. The summed E-state index contributed by atoms with van der Waals surface area (Å²) in [6.45, 7) is 1.72. The Labute approximate surface area is 193 Å². The Kier molecular flexibility index (Phi) is 9.10. The summed E-state index contributed by atoms with van der Waals surface area (Å²) in [5, 5.41) is 19.1. The quantitative estimate of drug-likeness (QED) is 0.312. The number of urea groups is 1. The Bertz CT molecular complexity index is 1010. The minimum absolute atomic E-state index is 0.00522. The van der Waals surface area contributed by atoms with E-state index in [0.29, 0.717) is 50.5 Å². The molecule has 9 heteroatoms. The van der Waals surface area contributed by atoms with Crippen LogP contribution in [0.15, 0.2) is 54.9 Å². The van der Waals surface area contributed by atoms with Gasteiger partial charge in [-0.2, -0.15) is 5.10 Å². The molecule has 2 amide bonds. The summed E-state index contributed by atoms with van der Waals surface area (Å²) in [5.74, 6) is 1.28. The Morgan fingerprint density at radius 3 is 2.82 bits per heavy atom. The lowest BCUT2D eigenvalue weighted by atomic mass is 10.1. The molecular formula is C24H31N5O4. The molecule has 0 saturated heterocycles. The maximum atomic E-state index is 13.2. The minimum Gasteiger partial charge on any atom is -0.497 e. The van der Waals surface area contributed by atoms with Crippen molar-refractivity contribution in [3.8, 4) is 22.6 Å². The predicted octanol–water partition coefficient (Wildman–Crippen LogP) is 3.23. The van der Waals surface area contributed by atoms with E-state index >= 15 is 0 Å². The number of ether oxygens (including phenoxy) is 2. The van der Waals surface area contributed by atoms with Crippen LogP contribution in [0.3, 0.4) is 0 Å². The number of aromatic amines is 1. The van der Waals surface area contributed by atoms with Crippen LogP contribution in [0.5, 0.6) is 11.5 Å². The molecule has 176 valence electrons. The Balaban J connectivity index is 1.80.